The van der Waals surface area contributed by atoms with E-state index in [9.17, 15) is 9.59 Å². The zero-order chi connectivity index (χ0) is 22.3. The van der Waals surface area contributed by atoms with Crippen molar-refractivity contribution < 1.29 is 28.5 Å². The monoisotopic (exact) mass is 423 g/mol. The summed E-state index contributed by atoms with van der Waals surface area (Å²) in [5, 5.41) is 2.87. The maximum absolute atomic E-state index is 12.4. The van der Waals surface area contributed by atoms with Gasteiger partial charge in [0.1, 0.15) is 5.60 Å². The quantitative estimate of drug-likeness (QED) is 0.721. The Bertz CT molecular complexity index is 714. The Morgan fingerprint density at radius 2 is 1.53 bits per heavy atom. The van der Waals surface area contributed by atoms with E-state index in [1.165, 1.54) is 21.3 Å². The zero-order valence-corrected chi connectivity index (χ0v) is 18.7. The van der Waals surface area contributed by atoms with Gasteiger partial charge in [-0.15, -0.1) is 0 Å². The number of amides is 2. The number of rotatable bonds is 7. The van der Waals surface area contributed by atoms with Crippen LogP contribution in [0.3, 0.4) is 0 Å². The molecule has 0 bridgehead atoms. The van der Waals surface area contributed by atoms with Gasteiger partial charge in [-0.05, 0) is 20.8 Å². The van der Waals surface area contributed by atoms with E-state index in [2.05, 4.69) is 10.2 Å². The third-order valence-corrected chi connectivity index (χ3v) is 4.63. The van der Waals surface area contributed by atoms with E-state index >= 15 is 0 Å². The molecule has 0 radical (unpaired) electrons. The number of benzene rings is 1. The summed E-state index contributed by atoms with van der Waals surface area (Å²) in [6.07, 6.45) is 0.0469. The van der Waals surface area contributed by atoms with Gasteiger partial charge in [0.25, 0.3) is 0 Å². The van der Waals surface area contributed by atoms with Crippen LogP contribution in [-0.4, -0.2) is 81.5 Å². The molecule has 1 aromatic carbocycles. The second kappa shape index (κ2) is 10.4. The molecule has 30 heavy (non-hydrogen) atoms. The normalized spacial score (nSPS) is 14.8. The number of hydrogen-bond acceptors (Lipinski definition) is 7. The van der Waals surface area contributed by atoms with Crippen LogP contribution in [0.15, 0.2) is 12.1 Å². The van der Waals surface area contributed by atoms with Crippen molar-refractivity contribution >= 4 is 17.7 Å². The second-order valence-corrected chi connectivity index (χ2v) is 8.02. The van der Waals surface area contributed by atoms with Gasteiger partial charge in [0, 0.05) is 57.0 Å². The van der Waals surface area contributed by atoms with Gasteiger partial charge < -0.3 is 29.2 Å². The first-order valence-electron chi connectivity index (χ1n) is 9.97. The average Bonchev–Trinajstić information content (AvgIpc) is 2.70. The van der Waals surface area contributed by atoms with Gasteiger partial charge in [0.05, 0.1) is 21.3 Å². The lowest BCUT2D eigenvalue weighted by Gasteiger charge is -2.35. The van der Waals surface area contributed by atoms with Crippen LogP contribution in [0.25, 0.3) is 0 Å². The number of anilines is 1. The fourth-order valence-electron chi connectivity index (χ4n) is 3.12. The molecule has 1 N–H and O–H groups in total. The SMILES string of the molecule is COc1cc(NC(=O)CCN2CCN(C(=O)OC(C)(C)C)CC2)cc(OC)c1OC. The van der Waals surface area contributed by atoms with Crippen molar-refractivity contribution in [2.24, 2.45) is 0 Å². The number of piperazine rings is 1. The van der Waals surface area contributed by atoms with Crippen LogP contribution < -0.4 is 19.5 Å². The van der Waals surface area contributed by atoms with Crippen molar-refractivity contribution in [3.05, 3.63) is 12.1 Å². The fraction of sp³-hybridized carbons (Fsp3) is 0.619. The Kier molecular flexibility index (Phi) is 8.16. The molecule has 168 valence electrons. The van der Waals surface area contributed by atoms with Gasteiger partial charge >= 0.3 is 6.09 Å². The molecule has 0 unspecified atom stereocenters. The Hall–Kier alpha value is -2.68. The molecule has 9 heteroatoms. The van der Waals surface area contributed by atoms with E-state index in [-0.39, 0.29) is 12.0 Å². The van der Waals surface area contributed by atoms with Gasteiger partial charge in [-0.3, -0.25) is 9.69 Å². The van der Waals surface area contributed by atoms with Crippen molar-refractivity contribution in [1.82, 2.24) is 9.80 Å². The van der Waals surface area contributed by atoms with E-state index in [1.807, 2.05) is 20.8 Å². The fourth-order valence-corrected chi connectivity index (χ4v) is 3.12. The Morgan fingerprint density at radius 1 is 0.967 bits per heavy atom. The molecule has 9 nitrogen and oxygen atoms in total. The van der Waals surface area contributed by atoms with Crippen molar-refractivity contribution in [1.29, 1.82) is 0 Å². The third-order valence-electron chi connectivity index (χ3n) is 4.63. The summed E-state index contributed by atoms with van der Waals surface area (Å²) in [5.74, 6) is 1.32. The van der Waals surface area contributed by atoms with Crippen molar-refractivity contribution in [2.75, 3.05) is 59.4 Å². The number of methoxy groups -OCH3 is 3. The van der Waals surface area contributed by atoms with Crippen LogP contribution in [0.5, 0.6) is 17.2 Å². The Balaban J connectivity index is 1.83. The van der Waals surface area contributed by atoms with Gasteiger partial charge in [-0.25, -0.2) is 4.79 Å². The maximum atomic E-state index is 12.4. The summed E-state index contributed by atoms with van der Waals surface area (Å²) >= 11 is 0. The highest BCUT2D eigenvalue weighted by Gasteiger charge is 2.26. The van der Waals surface area contributed by atoms with Gasteiger partial charge in [0.15, 0.2) is 11.5 Å². The van der Waals surface area contributed by atoms with E-state index in [0.29, 0.717) is 62.1 Å². The van der Waals surface area contributed by atoms with Gasteiger partial charge in [-0.1, -0.05) is 0 Å². The van der Waals surface area contributed by atoms with Gasteiger partial charge in [-0.2, -0.15) is 0 Å². The molecular weight excluding hydrogens is 390 g/mol. The molecule has 1 aromatic rings. The lowest BCUT2D eigenvalue weighted by molar-refractivity contribution is -0.116. The van der Waals surface area contributed by atoms with Crippen molar-refractivity contribution in [2.45, 2.75) is 32.8 Å². The molecule has 1 saturated heterocycles. The molecule has 1 aliphatic rings. The number of ether oxygens (including phenoxy) is 4. The predicted molar refractivity (Wildman–Crippen MR) is 114 cm³/mol. The molecule has 1 aliphatic heterocycles. The first-order chi connectivity index (χ1) is 14.2. The molecule has 0 saturated carbocycles. The molecule has 1 heterocycles. The summed E-state index contributed by atoms with van der Waals surface area (Å²) in [6.45, 7) is 8.76. The molecule has 1 fully saturated rings. The van der Waals surface area contributed by atoms with E-state index in [4.69, 9.17) is 18.9 Å². The highest BCUT2D eigenvalue weighted by molar-refractivity contribution is 5.91. The second-order valence-electron chi connectivity index (χ2n) is 8.02. The minimum Gasteiger partial charge on any atom is -0.493 e. The zero-order valence-electron chi connectivity index (χ0n) is 18.7. The first-order valence-corrected chi connectivity index (χ1v) is 9.97. The van der Waals surface area contributed by atoms with Crippen LogP contribution in [0, 0.1) is 0 Å². The van der Waals surface area contributed by atoms with Crippen LogP contribution in [-0.2, 0) is 9.53 Å². The van der Waals surface area contributed by atoms with Crippen molar-refractivity contribution in [3.63, 3.8) is 0 Å². The summed E-state index contributed by atoms with van der Waals surface area (Å²) in [4.78, 5) is 28.4. The standard InChI is InChI=1S/C21H33N3O6/c1-21(2,3)30-20(26)24-11-9-23(10-12-24)8-7-18(25)22-15-13-16(27-4)19(29-6)17(14-15)28-5/h13-14H,7-12H2,1-6H3,(H,22,25). The summed E-state index contributed by atoms with van der Waals surface area (Å²) in [6, 6.07) is 3.39. The lowest BCUT2D eigenvalue weighted by atomic mass is 10.2. The lowest BCUT2D eigenvalue weighted by Crippen LogP contribution is -2.50. The summed E-state index contributed by atoms with van der Waals surface area (Å²) in [5.41, 5.74) is 0.0725. The minimum absolute atomic E-state index is 0.112. The molecule has 2 amide bonds. The molecular formula is C21H33N3O6. The summed E-state index contributed by atoms with van der Waals surface area (Å²) in [7, 11) is 4.58. The van der Waals surface area contributed by atoms with Crippen LogP contribution >= 0.6 is 0 Å². The predicted octanol–water partition coefficient (Wildman–Crippen LogP) is 2.59. The Morgan fingerprint density at radius 3 is 2.00 bits per heavy atom. The maximum Gasteiger partial charge on any atom is 0.410 e. The van der Waals surface area contributed by atoms with Crippen molar-refractivity contribution in [3.8, 4) is 17.2 Å². The van der Waals surface area contributed by atoms with E-state index in [1.54, 1.807) is 17.0 Å². The number of nitrogens with one attached hydrogen (secondary N) is 1. The molecule has 2 rings (SSSR count). The first kappa shape index (κ1) is 23.6. The number of carbonyl (C=O) groups excluding carboxylic acids is 2. The van der Waals surface area contributed by atoms with Gasteiger partial charge in [0.2, 0.25) is 11.7 Å². The minimum atomic E-state index is -0.501. The molecule has 0 atom stereocenters. The van der Waals surface area contributed by atoms with E-state index < -0.39 is 5.60 Å². The highest BCUT2D eigenvalue weighted by atomic mass is 16.6. The van der Waals surface area contributed by atoms with E-state index in [0.717, 1.165) is 0 Å². The molecule has 0 aliphatic carbocycles. The smallest absolute Gasteiger partial charge is 0.410 e. The van der Waals surface area contributed by atoms with Crippen LogP contribution in [0.2, 0.25) is 0 Å². The number of nitrogens with zero attached hydrogens (tertiary/aromatic N) is 2. The number of hydrogen-bond donors (Lipinski definition) is 1. The Labute approximate surface area is 178 Å². The van der Waals surface area contributed by atoms with Crippen LogP contribution in [0.1, 0.15) is 27.2 Å². The molecule has 0 spiro atoms. The largest absolute Gasteiger partial charge is 0.493 e. The molecule has 0 aromatic heterocycles. The number of carbonyl (C=O) groups is 2. The average molecular weight is 424 g/mol. The summed E-state index contributed by atoms with van der Waals surface area (Å²) < 4.78 is 21.3. The highest BCUT2D eigenvalue weighted by Crippen LogP contribution is 2.39. The topological polar surface area (TPSA) is 89.6 Å². The van der Waals surface area contributed by atoms with Crippen LogP contribution in [0.4, 0.5) is 10.5 Å². The third kappa shape index (κ3) is 6.69.